The van der Waals surface area contributed by atoms with E-state index in [4.69, 9.17) is 10.5 Å². The molecular weight excluding hydrogens is 155 g/mol. The Hall–Kier alpha value is -0.385. The van der Waals surface area contributed by atoms with E-state index in [1.165, 1.54) is 0 Å². The molecule has 1 fully saturated rings. The lowest BCUT2D eigenvalue weighted by Crippen LogP contribution is -2.38. The van der Waals surface area contributed by atoms with Gasteiger partial charge in [0.15, 0.2) is 0 Å². The van der Waals surface area contributed by atoms with E-state index in [9.17, 15) is 4.79 Å². The highest BCUT2D eigenvalue weighted by Crippen LogP contribution is 2.02. The maximum atomic E-state index is 10.2. The van der Waals surface area contributed by atoms with Crippen LogP contribution in [0.4, 0.5) is 0 Å². The van der Waals surface area contributed by atoms with Gasteiger partial charge in [-0.2, -0.15) is 0 Å². The zero-order valence-electron chi connectivity index (χ0n) is 7.11. The van der Waals surface area contributed by atoms with Crippen LogP contribution in [0.25, 0.3) is 0 Å². The largest absolute Gasteiger partial charge is 0.376 e. The molecule has 4 nitrogen and oxygen atoms in total. The second-order valence-electron chi connectivity index (χ2n) is 2.86. The molecule has 0 bridgehead atoms. The summed E-state index contributed by atoms with van der Waals surface area (Å²) in [5.41, 5.74) is 5.48. The average Bonchev–Trinajstić information content (AvgIpc) is 2.30. The molecule has 0 aliphatic carbocycles. The van der Waals surface area contributed by atoms with Gasteiger partial charge in [-0.3, -0.25) is 0 Å². The summed E-state index contributed by atoms with van der Waals surface area (Å²) in [4.78, 5) is 12.2. The fraction of sp³-hybridized carbons (Fsp3) is 0.857. The number of nitrogens with zero attached hydrogens (tertiary/aromatic N) is 1. The molecular formula is C7H14BN2O2. The van der Waals surface area contributed by atoms with Crippen LogP contribution in [0, 0.1) is 0 Å². The van der Waals surface area contributed by atoms with Crippen LogP contribution in [0.15, 0.2) is 0 Å². The molecule has 1 atom stereocenters. The molecule has 5 heteroatoms. The molecule has 0 amide bonds. The number of rotatable bonds is 3. The van der Waals surface area contributed by atoms with Crippen molar-refractivity contribution in [3.05, 3.63) is 0 Å². The maximum absolute atomic E-state index is 10.2. The number of ether oxygens (including phenoxy) is 1. The van der Waals surface area contributed by atoms with Crippen molar-refractivity contribution in [1.29, 1.82) is 0 Å². The van der Waals surface area contributed by atoms with Crippen LogP contribution in [0.2, 0.25) is 0 Å². The normalized spacial score (nSPS) is 26.2. The van der Waals surface area contributed by atoms with Crippen LogP contribution in [-0.4, -0.2) is 50.8 Å². The molecule has 1 rings (SSSR count). The van der Waals surface area contributed by atoms with Gasteiger partial charge in [-0.25, -0.2) is 0 Å². The molecule has 0 aromatic heterocycles. The minimum Gasteiger partial charge on any atom is -0.376 e. The van der Waals surface area contributed by atoms with Gasteiger partial charge in [0.05, 0.1) is 12.3 Å². The lowest BCUT2D eigenvalue weighted by atomic mass is 9.94. The zero-order valence-corrected chi connectivity index (χ0v) is 7.11. The second kappa shape index (κ2) is 5.29. The third kappa shape index (κ3) is 2.93. The zero-order chi connectivity index (χ0) is 8.81. The van der Waals surface area contributed by atoms with Crippen molar-refractivity contribution in [2.24, 2.45) is 5.73 Å². The van der Waals surface area contributed by atoms with Crippen molar-refractivity contribution in [2.75, 3.05) is 26.2 Å². The van der Waals surface area contributed by atoms with Gasteiger partial charge < -0.3 is 20.1 Å². The summed E-state index contributed by atoms with van der Waals surface area (Å²) in [6.45, 7) is 2.87. The van der Waals surface area contributed by atoms with Crippen molar-refractivity contribution >= 4 is 13.6 Å². The predicted octanol–water partition coefficient (Wildman–Crippen LogP) is -1.15. The van der Waals surface area contributed by atoms with Gasteiger partial charge in [0.25, 0.3) is 7.41 Å². The summed E-state index contributed by atoms with van der Waals surface area (Å²) in [5, 5.41) is 0. The van der Waals surface area contributed by atoms with E-state index < -0.39 is 0 Å². The number of hydrogen-bond acceptors (Lipinski definition) is 4. The Kier molecular flexibility index (Phi) is 4.28. The highest BCUT2D eigenvalue weighted by atomic mass is 16.5. The molecule has 0 aromatic carbocycles. The second-order valence-corrected chi connectivity index (χ2v) is 2.86. The van der Waals surface area contributed by atoms with E-state index >= 15 is 0 Å². The summed E-state index contributed by atoms with van der Waals surface area (Å²) < 4.78 is 5.43. The van der Waals surface area contributed by atoms with Gasteiger partial charge in [-0.15, -0.1) is 0 Å². The molecule has 1 heterocycles. The Morgan fingerprint density at radius 1 is 1.75 bits per heavy atom. The fourth-order valence-corrected chi connectivity index (χ4v) is 1.29. The van der Waals surface area contributed by atoms with E-state index in [2.05, 4.69) is 0 Å². The van der Waals surface area contributed by atoms with Gasteiger partial charge in [0.2, 0.25) is 0 Å². The van der Waals surface area contributed by atoms with Crippen LogP contribution in [0.3, 0.4) is 0 Å². The highest BCUT2D eigenvalue weighted by Gasteiger charge is 2.16. The van der Waals surface area contributed by atoms with Crippen molar-refractivity contribution < 1.29 is 9.53 Å². The molecule has 1 saturated heterocycles. The summed E-state index contributed by atoms with van der Waals surface area (Å²) in [7, 11) is 1.55. The maximum Gasteiger partial charge on any atom is 0.293 e. The summed E-state index contributed by atoms with van der Waals surface area (Å²) >= 11 is 0. The average molecular weight is 169 g/mol. The Morgan fingerprint density at radius 2 is 2.58 bits per heavy atom. The monoisotopic (exact) mass is 169 g/mol. The molecule has 12 heavy (non-hydrogen) atoms. The lowest BCUT2D eigenvalue weighted by molar-refractivity contribution is 0.0680. The lowest BCUT2D eigenvalue weighted by Gasteiger charge is -2.19. The minimum atomic E-state index is 0.0729. The molecule has 1 aliphatic heterocycles. The van der Waals surface area contributed by atoms with Gasteiger partial charge in [-0.1, -0.05) is 0 Å². The quantitative estimate of drug-likeness (QED) is 0.428. The van der Waals surface area contributed by atoms with Gasteiger partial charge in [-0.05, 0) is 13.0 Å². The van der Waals surface area contributed by atoms with Crippen LogP contribution >= 0.6 is 0 Å². The van der Waals surface area contributed by atoms with Crippen LogP contribution in [-0.2, 0) is 9.53 Å². The first-order valence-corrected chi connectivity index (χ1v) is 4.21. The molecule has 0 saturated carbocycles. The molecule has 2 N–H and O–H groups in total. The number of nitrogens with two attached hydrogens (primary N) is 1. The fourth-order valence-electron chi connectivity index (χ4n) is 1.29. The molecule has 0 spiro atoms. The number of carbonyl (C=O) groups excluding carboxylic acids is 1. The SMILES string of the molecule is NC[C@H]1CN([B]C=O)CCCO1. The third-order valence-electron chi connectivity index (χ3n) is 1.92. The Labute approximate surface area is 73.3 Å². The Bertz CT molecular complexity index is 145. The Balaban J connectivity index is 2.35. The summed E-state index contributed by atoms with van der Waals surface area (Å²) in [6, 6.07) is 0. The third-order valence-corrected chi connectivity index (χ3v) is 1.92. The molecule has 1 aliphatic rings. The summed E-state index contributed by atoms with van der Waals surface area (Å²) in [5.74, 6) is 0. The Morgan fingerprint density at radius 3 is 3.25 bits per heavy atom. The first-order chi connectivity index (χ1) is 5.86. The first-order valence-electron chi connectivity index (χ1n) is 4.21. The van der Waals surface area contributed by atoms with Gasteiger partial charge in [0, 0.05) is 19.7 Å². The van der Waals surface area contributed by atoms with Crippen molar-refractivity contribution in [3.8, 4) is 0 Å². The van der Waals surface area contributed by atoms with Crippen molar-refractivity contribution in [1.82, 2.24) is 4.81 Å². The van der Waals surface area contributed by atoms with E-state index in [1.807, 2.05) is 4.81 Å². The van der Waals surface area contributed by atoms with E-state index in [0.29, 0.717) is 6.54 Å². The predicted molar refractivity (Wildman–Crippen MR) is 47.5 cm³/mol. The van der Waals surface area contributed by atoms with E-state index in [0.717, 1.165) is 32.3 Å². The smallest absolute Gasteiger partial charge is 0.293 e. The molecule has 0 aromatic rings. The number of carbonyl (C=O) groups is 1. The van der Waals surface area contributed by atoms with Crippen molar-refractivity contribution in [2.45, 2.75) is 12.5 Å². The van der Waals surface area contributed by atoms with Crippen LogP contribution in [0.1, 0.15) is 6.42 Å². The molecule has 1 radical (unpaired) electrons. The number of hydrogen-bond donors (Lipinski definition) is 1. The summed E-state index contributed by atoms with van der Waals surface area (Å²) in [6.07, 6.45) is 1.84. The van der Waals surface area contributed by atoms with Gasteiger partial charge in [0.1, 0.15) is 0 Å². The van der Waals surface area contributed by atoms with Crippen molar-refractivity contribution in [3.63, 3.8) is 0 Å². The van der Waals surface area contributed by atoms with Crippen LogP contribution < -0.4 is 5.73 Å². The topological polar surface area (TPSA) is 55.6 Å². The first kappa shape index (κ1) is 9.70. The molecule has 67 valence electrons. The minimum absolute atomic E-state index is 0.0729. The van der Waals surface area contributed by atoms with E-state index in [-0.39, 0.29) is 6.10 Å². The van der Waals surface area contributed by atoms with Gasteiger partial charge >= 0.3 is 0 Å². The molecule has 0 unspecified atom stereocenters. The highest BCUT2D eigenvalue weighted by molar-refractivity contribution is 6.64. The standard InChI is InChI=1S/C7H14BN2O2/c9-4-7-5-10(8-6-11)2-1-3-12-7/h6-7H,1-5,9H2/t7-/m0/s1. The van der Waals surface area contributed by atoms with E-state index in [1.54, 1.807) is 7.41 Å². The van der Waals surface area contributed by atoms with Crippen LogP contribution in [0.5, 0.6) is 0 Å².